The Morgan fingerprint density at radius 2 is 1.64 bits per heavy atom. The van der Waals surface area contributed by atoms with E-state index in [1.54, 1.807) is 13.1 Å². The van der Waals surface area contributed by atoms with Crippen LogP contribution in [0, 0.1) is 0 Å². The minimum Gasteiger partial charge on any atom is -0.462 e. The van der Waals surface area contributed by atoms with Crippen LogP contribution < -0.4 is 5.43 Å². The van der Waals surface area contributed by atoms with E-state index in [-0.39, 0.29) is 17.6 Å². The number of carbonyl (C=O) groups excluding carboxylic acids is 1. The average Bonchev–Trinajstić information content (AvgIpc) is 2.51. The largest absolute Gasteiger partial charge is 0.462 e. The summed E-state index contributed by atoms with van der Waals surface area (Å²) in [6.45, 7) is 4.24. The maximum atomic E-state index is 12.2. The van der Waals surface area contributed by atoms with Gasteiger partial charge in [0, 0.05) is 18.0 Å². The molecule has 0 spiro atoms. The smallest absolute Gasteiger partial charge is 0.343 e. The Hall–Kier alpha value is -1.58. The Bertz CT molecular complexity index is 493. The van der Waals surface area contributed by atoms with Crippen molar-refractivity contribution in [1.29, 1.82) is 0 Å². The zero-order chi connectivity index (χ0) is 16.2. The monoisotopic (exact) mass is 307 g/mol. The lowest BCUT2D eigenvalue weighted by Gasteiger charge is -2.05. The zero-order valence-corrected chi connectivity index (χ0v) is 14.0. The van der Waals surface area contributed by atoms with Crippen molar-refractivity contribution in [2.75, 3.05) is 6.61 Å². The van der Waals surface area contributed by atoms with Crippen LogP contribution in [-0.2, 0) is 11.2 Å². The van der Waals surface area contributed by atoms with Crippen LogP contribution in [0.5, 0.6) is 0 Å². The van der Waals surface area contributed by atoms with Crippen molar-refractivity contribution in [2.24, 2.45) is 0 Å². The highest BCUT2D eigenvalue weighted by atomic mass is 16.5. The van der Waals surface area contributed by atoms with Crippen molar-refractivity contribution in [2.45, 2.75) is 71.6 Å². The third-order valence-electron chi connectivity index (χ3n) is 3.82. The second-order valence-corrected chi connectivity index (χ2v) is 5.67. The molecular weight excluding hydrogens is 278 g/mol. The van der Waals surface area contributed by atoms with E-state index in [1.165, 1.54) is 44.7 Å². The molecule has 0 aromatic carbocycles. The highest BCUT2D eigenvalue weighted by Gasteiger charge is 2.13. The predicted octanol–water partition coefficient (Wildman–Crippen LogP) is 4.23. The number of hydrogen-bond acceptors (Lipinski definition) is 3. The Balaban J connectivity index is 2.36. The van der Waals surface area contributed by atoms with E-state index in [2.05, 4.69) is 11.9 Å². The molecule has 0 amide bonds. The predicted molar refractivity (Wildman–Crippen MR) is 89.3 cm³/mol. The number of hydrogen-bond donors (Lipinski definition) is 1. The van der Waals surface area contributed by atoms with E-state index >= 15 is 0 Å². The third kappa shape index (κ3) is 6.46. The standard InChI is InChI=1S/C18H29NO3/c1-3-5-6-7-8-9-10-11-12-15-13-19-14-16(17(15)20)18(21)22-4-2/h13-14H,3-12H2,1-2H3,(H,19,20). The Morgan fingerprint density at radius 3 is 2.27 bits per heavy atom. The van der Waals surface area contributed by atoms with Crippen LogP contribution in [0.3, 0.4) is 0 Å². The number of nitrogens with one attached hydrogen (secondary N) is 1. The van der Waals surface area contributed by atoms with E-state index < -0.39 is 5.97 Å². The summed E-state index contributed by atoms with van der Waals surface area (Å²) < 4.78 is 4.89. The van der Waals surface area contributed by atoms with Gasteiger partial charge in [-0.05, 0) is 19.8 Å². The van der Waals surface area contributed by atoms with Crippen LogP contribution in [0.25, 0.3) is 0 Å². The number of carbonyl (C=O) groups is 1. The molecule has 0 aliphatic carbocycles. The number of esters is 1. The lowest BCUT2D eigenvalue weighted by atomic mass is 10.0. The van der Waals surface area contributed by atoms with Crippen molar-refractivity contribution in [3.63, 3.8) is 0 Å². The fourth-order valence-electron chi connectivity index (χ4n) is 2.53. The molecule has 124 valence electrons. The molecule has 1 heterocycles. The second-order valence-electron chi connectivity index (χ2n) is 5.67. The number of aryl methyl sites for hydroxylation is 1. The van der Waals surface area contributed by atoms with Crippen molar-refractivity contribution in [3.05, 3.63) is 33.7 Å². The Kier molecular flexibility index (Phi) is 9.28. The van der Waals surface area contributed by atoms with Gasteiger partial charge in [-0.25, -0.2) is 4.79 Å². The van der Waals surface area contributed by atoms with Gasteiger partial charge in [0.15, 0.2) is 5.43 Å². The third-order valence-corrected chi connectivity index (χ3v) is 3.82. The van der Waals surface area contributed by atoms with E-state index in [9.17, 15) is 9.59 Å². The molecule has 22 heavy (non-hydrogen) atoms. The van der Waals surface area contributed by atoms with Crippen molar-refractivity contribution < 1.29 is 9.53 Å². The first-order valence-electron chi connectivity index (χ1n) is 8.57. The molecule has 0 bridgehead atoms. The molecule has 0 atom stereocenters. The normalized spacial score (nSPS) is 10.6. The van der Waals surface area contributed by atoms with Crippen LogP contribution in [-0.4, -0.2) is 17.6 Å². The molecule has 0 aliphatic rings. The molecular formula is C18H29NO3. The number of pyridine rings is 1. The summed E-state index contributed by atoms with van der Waals surface area (Å²) >= 11 is 0. The highest BCUT2D eigenvalue weighted by Crippen LogP contribution is 2.10. The summed E-state index contributed by atoms with van der Waals surface area (Å²) in [5.41, 5.74) is 0.593. The van der Waals surface area contributed by atoms with E-state index in [0.717, 1.165) is 19.3 Å². The molecule has 1 rings (SSSR count). The van der Waals surface area contributed by atoms with Gasteiger partial charge in [0.2, 0.25) is 0 Å². The van der Waals surface area contributed by atoms with Crippen LogP contribution in [0.15, 0.2) is 17.2 Å². The summed E-state index contributed by atoms with van der Waals surface area (Å²) in [6, 6.07) is 0. The van der Waals surface area contributed by atoms with E-state index in [0.29, 0.717) is 5.56 Å². The van der Waals surface area contributed by atoms with Gasteiger partial charge < -0.3 is 9.72 Å². The Morgan fingerprint density at radius 1 is 1.00 bits per heavy atom. The van der Waals surface area contributed by atoms with Crippen molar-refractivity contribution in [3.8, 4) is 0 Å². The van der Waals surface area contributed by atoms with Crippen molar-refractivity contribution >= 4 is 5.97 Å². The van der Waals surface area contributed by atoms with Gasteiger partial charge in [-0.2, -0.15) is 0 Å². The average molecular weight is 307 g/mol. The number of H-pyrrole nitrogens is 1. The minimum absolute atomic E-state index is 0.110. The number of rotatable bonds is 11. The first kappa shape index (κ1) is 18.5. The van der Waals surface area contributed by atoms with Gasteiger partial charge in [-0.3, -0.25) is 4.79 Å². The van der Waals surface area contributed by atoms with Gasteiger partial charge >= 0.3 is 5.97 Å². The summed E-state index contributed by atoms with van der Waals surface area (Å²) in [7, 11) is 0. The van der Waals surface area contributed by atoms with Crippen LogP contribution in [0.4, 0.5) is 0 Å². The molecule has 1 N–H and O–H groups in total. The maximum Gasteiger partial charge on any atom is 0.343 e. The molecule has 0 aliphatic heterocycles. The maximum absolute atomic E-state index is 12.2. The van der Waals surface area contributed by atoms with Crippen LogP contribution in [0.2, 0.25) is 0 Å². The van der Waals surface area contributed by atoms with Crippen LogP contribution in [0.1, 0.15) is 81.1 Å². The fraction of sp³-hybridized carbons (Fsp3) is 0.667. The molecule has 0 radical (unpaired) electrons. The minimum atomic E-state index is -0.540. The molecule has 4 heteroatoms. The van der Waals surface area contributed by atoms with Gasteiger partial charge in [0.05, 0.1) is 6.61 Å². The molecule has 4 nitrogen and oxygen atoms in total. The van der Waals surface area contributed by atoms with E-state index in [4.69, 9.17) is 4.74 Å². The lowest BCUT2D eigenvalue weighted by Crippen LogP contribution is -2.21. The SMILES string of the molecule is CCCCCCCCCCc1c[nH]cc(C(=O)OCC)c1=O. The molecule has 1 aromatic rings. The number of ether oxygens (including phenoxy) is 1. The fourth-order valence-corrected chi connectivity index (χ4v) is 2.53. The first-order chi connectivity index (χ1) is 10.7. The number of aromatic nitrogens is 1. The first-order valence-corrected chi connectivity index (χ1v) is 8.57. The van der Waals surface area contributed by atoms with Gasteiger partial charge in [-0.15, -0.1) is 0 Å². The lowest BCUT2D eigenvalue weighted by molar-refractivity contribution is 0.0524. The van der Waals surface area contributed by atoms with Crippen LogP contribution >= 0.6 is 0 Å². The summed E-state index contributed by atoms with van der Waals surface area (Å²) in [5.74, 6) is -0.540. The van der Waals surface area contributed by atoms with Gasteiger partial charge in [0.25, 0.3) is 0 Å². The molecule has 0 fully saturated rings. The molecule has 0 unspecified atom stereocenters. The van der Waals surface area contributed by atoms with E-state index in [1.807, 2.05) is 0 Å². The van der Waals surface area contributed by atoms with Gasteiger partial charge in [0.1, 0.15) is 5.56 Å². The zero-order valence-electron chi connectivity index (χ0n) is 14.0. The highest BCUT2D eigenvalue weighted by molar-refractivity contribution is 5.89. The quantitative estimate of drug-likeness (QED) is 0.491. The van der Waals surface area contributed by atoms with Gasteiger partial charge in [-0.1, -0.05) is 51.9 Å². The topological polar surface area (TPSA) is 59.2 Å². The number of aromatic amines is 1. The second kappa shape index (κ2) is 11.0. The Labute approximate surface area is 133 Å². The summed E-state index contributed by atoms with van der Waals surface area (Å²) in [4.78, 5) is 26.8. The summed E-state index contributed by atoms with van der Waals surface area (Å²) in [5, 5.41) is 0. The summed E-state index contributed by atoms with van der Waals surface area (Å²) in [6.07, 6.45) is 13.7. The molecule has 1 aromatic heterocycles. The van der Waals surface area contributed by atoms with Crippen molar-refractivity contribution in [1.82, 2.24) is 4.98 Å². The molecule has 0 saturated heterocycles. The number of unbranched alkanes of at least 4 members (excludes halogenated alkanes) is 7. The molecule has 0 saturated carbocycles.